The molecule has 2 heterocycles. The highest BCUT2D eigenvalue weighted by atomic mass is 16.3. The Labute approximate surface area is 177 Å². The number of rotatable bonds is 3. The summed E-state index contributed by atoms with van der Waals surface area (Å²) in [6.07, 6.45) is -0.531. The van der Waals surface area contributed by atoms with E-state index in [0.717, 1.165) is 28.2 Å². The molecule has 1 amide bonds. The van der Waals surface area contributed by atoms with Crippen molar-refractivity contribution in [1.82, 2.24) is 9.47 Å². The molecule has 2 aromatic carbocycles. The summed E-state index contributed by atoms with van der Waals surface area (Å²) in [5, 5.41) is 10.9. The van der Waals surface area contributed by atoms with E-state index in [2.05, 4.69) is 48.5 Å². The lowest BCUT2D eigenvalue weighted by molar-refractivity contribution is -0.128. The summed E-state index contributed by atoms with van der Waals surface area (Å²) in [4.78, 5) is 14.0. The summed E-state index contributed by atoms with van der Waals surface area (Å²) >= 11 is 0. The van der Waals surface area contributed by atoms with Crippen molar-refractivity contribution in [3.05, 3.63) is 89.2 Å². The third-order valence-electron chi connectivity index (χ3n) is 5.94. The van der Waals surface area contributed by atoms with Gasteiger partial charge >= 0.3 is 0 Å². The van der Waals surface area contributed by atoms with Gasteiger partial charge in [-0.2, -0.15) is 0 Å². The summed E-state index contributed by atoms with van der Waals surface area (Å²) in [6.45, 7) is 4.15. The van der Waals surface area contributed by atoms with Gasteiger partial charge < -0.3 is 14.6 Å². The third-order valence-corrected chi connectivity index (χ3v) is 5.94. The number of carbonyl (C=O) groups is 1. The Bertz CT molecular complexity index is 1100. The predicted molar refractivity (Wildman–Crippen MR) is 118 cm³/mol. The lowest BCUT2D eigenvalue weighted by Crippen LogP contribution is -2.40. The molecule has 0 saturated carbocycles. The van der Waals surface area contributed by atoms with Crippen molar-refractivity contribution < 1.29 is 9.90 Å². The minimum atomic E-state index is -0.926. The van der Waals surface area contributed by atoms with Gasteiger partial charge in [0.25, 0.3) is 0 Å². The van der Waals surface area contributed by atoms with Crippen LogP contribution in [-0.2, 0) is 4.79 Å². The van der Waals surface area contributed by atoms with Gasteiger partial charge in [-0.05, 0) is 49.7 Å². The SMILES string of the molecule is Cc1ccc(C)n1-c1cccc(C#CC(O)[C@H]2[C@@H](c3ccccc3)CC(=O)N2C)c1. The molecule has 4 rings (SSSR count). The van der Waals surface area contributed by atoms with Crippen LogP contribution in [0.1, 0.15) is 34.9 Å². The van der Waals surface area contributed by atoms with Crippen LogP contribution in [0.25, 0.3) is 5.69 Å². The fourth-order valence-electron chi connectivity index (χ4n) is 4.38. The minimum absolute atomic E-state index is 0.0373. The van der Waals surface area contributed by atoms with Crippen LogP contribution in [0, 0.1) is 25.7 Å². The second-order valence-electron chi connectivity index (χ2n) is 7.93. The van der Waals surface area contributed by atoms with Crippen molar-refractivity contribution in [2.45, 2.75) is 38.3 Å². The van der Waals surface area contributed by atoms with Crippen LogP contribution in [0.4, 0.5) is 0 Å². The summed E-state index contributed by atoms with van der Waals surface area (Å²) in [5.74, 6) is 6.09. The number of likely N-dealkylation sites (N-methyl/N-ethyl adjacent to an activating group) is 1. The van der Waals surface area contributed by atoms with Crippen molar-refractivity contribution in [2.24, 2.45) is 0 Å². The first kappa shape index (κ1) is 20.0. The molecule has 30 heavy (non-hydrogen) atoms. The summed E-state index contributed by atoms with van der Waals surface area (Å²) < 4.78 is 2.18. The molecule has 0 aliphatic carbocycles. The molecule has 152 valence electrons. The molecule has 0 bridgehead atoms. The molecule has 1 N–H and O–H groups in total. The molecule has 1 aliphatic rings. The van der Waals surface area contributed by atoms with Crippen LogP contribution >= 0.6 is 0 Å². The van der Waals surface area contributed by atoms with Gasteiger partial charge in [-0.25, -0.2) is 0 Å². The molecule has 0 radical (unpaired) electrons. The maximum Gasteiger partial charge on any atom is 0.223 e. The van der Waals surface area contributed by atoms with Gasteiger partial charge in [0.15, 0.2) is 0 Å². The van der Waals surface area contributed by atoms with E-state index in [9.17, 15) is 9.90 Å². The van der Waals surface area contributed by atoms with Crippen molar-refractivity contribution in [1.29, 1.82) is 0 Å². The van der Waals surface area contributed by atoms with Gasteiger partial charge in [-0.1, -0.05) is 48.2 Å². The van der Waals surface area contributed by atoms with Gasteiger partial charge in [0.1, 0.15) is 6.10 Å². The normalized spacial score (nSPS) is 19.5. The smallest absolute Gasteiger partial charge is 0.223 e. The van der Waals surface area contributed by atoms with Crippen LogP contribution in [-0.4, -0.2) is 39.7 Å². The minimum Gasteiger partial charge on any atom is -0.378 e. The van der Waals surface area contributed by atoms with E-state index in [4.69, 9.17) is 0 Å². The highest BCUT2D eigenvalue weighted by molar-refractivity contribution is 5.80. The second kappa shape index (κ2) is 8.22. The lowest BCUT2D eigenvalue weighted by atomic mass is 9.88. The highest BCUT2D eigenvalue weighted by Crippen LogP contribution is 2.35. The number of hydrogen-bond donors (Lipinski definition) is 1. The van der Waals surface area contributed by atoms with Gasteiger partial charge in [-0.15, -0.1) is 0 Å². The van der Waals surface area contributed by atoms with E-state index in [1.165, 1.54) is 0 Å². The largest absolute Gasteiger partial charge is 0.378 e. The number of likely N-dealkylation sites (tertiary alicyclic amines) is 1. The topological polar surface area (TPSA) is 45.5 Å². The number of hydrogen-bond acceptors (Lipinski definition) is 2. The van der Waals surface area contributed by atoms with Crippen molar-refractivity contribution in [3.8, 4) is 17.5 Å². The lowest BCUT2D eigenvalue weighted by Gasteiger charge is -2.27. The maximum atomic E-state index is 12.4. The first-order chi connectivity index (χ1) is 14.5. The number of benzene rings is 2. The zero-order valence-corrected chi connectivity index (χ0v) is 17.5. The van der Waals surface area contributed by atoms with E-state index < -0.39 is 6.10 Å². The second-order valence-corrected chi connectivity index (χ2v) is 7.93. The summed E-state index contributed by atoms with van der Waals surface area (Å²) in [6, 6.07) is 21.7. The molecular formula is C26H26N2O2. The summed E-state index contributed by atoms with van der Waals surface area (Å²) in [5.41, 5.74) is 5.26. The Hall–Kier alpha value is -3.29. The molecule has 1 fully saturated rings. The van der Waals surface area contributed by atoms with Gasteiger partial charge in [0.05, 0.1) is 6.04 Å². The number of aliphatic hydroxyl groups excluding tert-OH is 1. The molecule has 0 spiro atoms. The molecule has 4 heteroatoms. The molecule has 3 atom stereocenters. The van der Waals surface area contributed by atoms with E-state index in [-0.39, 0.29) is 17.9 Å². The third kappa shape index (κ3) is 3.77. The zero-order chi connectivity index (χ0) is 21.3. The Morgan fingerprint density at radius 1 is 1.00 bits per heavy atom. The molecule has 1 aliphatic heterocycles. The number of amides is 1. The molecule has 1 unspecified atom stereocenters. The number of aliphatic hydroxyl groups is 1. The quantitative estimate of drug-likeness (QED) is 0.682. The molecule has 1 aromatic heterocycles. The van der Waals surface area contributed by atoms with Crippen molar-refractivity contribution in [2.75, 3.05) is 7.05 Å². The number of aromatic nitrogens is 1. The number of nitrogens with zero attached hydrogens (tertiary/aromatic N) is 2. The number of carbonyl (C=O) groups excluding carboxylic acids is 1. The van der Waals surface area contributed by atoms with Crippen molar-refractivity contribution >= 4 is 5.91 Å². The predicted octanol–water partition coefficient (Wildman–Crippen LogP) is 3.82. The monoisotopic (exact) mass is 398 g/mol. The standard InChI is InChI=1S/C26H26N2O2/c1-18-12-13-19(2)28(18)22-11-7-8-20(16-22)14-15-24(29)26-23(17-25(30)27(26)3)21-9-5-4-6-10-21/h4-13,16,23-24,26,29H,17H2,1-3H3/t23-,24?,26-/m1/s1. The van der Waals surface area contributed by atoms with Crippen LogP contribution in [0.2, 0.25) is 0 Å². The first-order valence-corrected chi connectivity index (χ1v) is 10.2. The van der Waals surface area contributed by atoms with Crippen molar-refractivity contribution in [3.63, 3.8) is 0 Å². The number of aryl methyl sites for hydroxylation is 2. The van der Waals surface area contributed by atoms with Gasteiger partial charge in [0, 0.05) is 42.0 Å². The highest BCUT2D eigenvalue weighted by Gasteiger charge is 2.41. The van der Waals surface area contributed by atoms with E-state index in [0.29, 0.717) is 6.42 Å². The first-order valence-electron chi connectivity index (χ1n) is 10.2. The Kier molecular flexibility index (Phi) is 5.48. The zero-order valence-electron chi connectivity index (χ0n) is 17.5. The average Bonchev–Trinajstić information content (AvgIpc) is 3.25. The fraction of sp³-hybridized carbons (Fsp3) is 0.269. The average molecular weight is 399 g/mol. The van der Waals surface area contributed by atoms with Crippen LogP contribution in [0.3, 0.4) is 0 Å². The van der Waals surface area contributed by atoms with Crippen LogP contribution in [0.5, 0.6) is 0 Å². The Balaban J connectivity index is 1.61. The molecule has 1 saturated heterocycles. The van der Waals surface area contributed by atoms with Crippen LogP contribution < -0.4 is 0 Å². The molecule has 4 nitrogen and oxygen atoms in total. The van der Waals surface area contributed by atoms with Crippen LogP contribution in [0.15, 0.2) is 66.7 Å². The Morgan fingerprint density at radius 2 is 1.70 bits per heavy atom. The molecule has 3 aromatic rings. The van der Waals surface area contributed by atoms with E-state index >= 15 is 0 Å². The Morgan fingerprint density at radius 3 is 2.40 bits per heavy atom. The van der Waals surface area contributed by atoms with Gasteiger partial charge in [0.2, 0.25) is 5.91 Å². The molecular weight excluding hydrogens is 372 g/mol. The maximum absolute atomic E-state index is 12.4. The van der Waals surface area contributed by atoms with Gasteiger partial charge in [-0.3, -0.25) is 4.79 Å². The fourth-order valence-corrected chi connectivity index (χ4v) is 4.38. The summed E-state index contributed by atoms with van der Waals surface area (Å²) in [7, 11) is 1.75. The van der Waals surface area contributed by atoms with E-state index in [1.54, 1.807) is 11.9 Å². The van der Waals surface area contributed by atoms with E-state index in [1.807, 2.05) is 48.5 Å².